The highest BCUT2D eigenvalue weighted by Crippen LogP contribution is 2.36. The number of nitrogens with one attached hydrogen (secondary N) is 2. The summed E-state index contributed by atoms with van der Waals surface area (Å²) in [4.78, 5) is 23.0. The van der Waals surface area contributed by atoms with Crippen LogP contribution in [0.2, 0.25) is 5.02 Å². The highest BCUT2D eigenvalue weighted by molar-refractivity contribution is 7.89. The molecule has 1 heterocycles. The molecule has 37 heavy (non-hydrogen) atoms. The van der Waals surface area contributed by atoms with Crippen molar-refractivity contribution in [2.45, 2.75) is 31.7 Å². The van der Waals surface area contributed by atoms with E-state index in [1.165, 1.54) is 17.9 Å². The van der Waals surface area contributed by atoms with E-state index in [2.05, 4.69) is 15.1 Å². The second kappa shape index (κ2) is 11.7. The molecule has 3 aromatic rings. The fraction of sp³-hybridized carbons (Fsp3) is 0.304. The van der Waals surface area contributed by atoms with Crippen molar-refractivity contribution in [3.8, 4) is 17.3 Å². The smallest absolute Gasteiger partial charge is 0.272 e. The lowest BCUT2D eigenvalue weighted by molar-refractivity contribution is -0.385. The molecule has 0 saturated carbocycles. The van der Waals surface area contributed by atoms with Crippen LogP contribution in [0.25, 0.3) is 5.69 Å². The van der Waals surface area contributed by atoms with Gasteiger partial charge in [-0.15, -0.1) is 0 Å². The Kier molecular flexibility index (Phi) is 8.86. The van der Waals surface area contributed by atoms with E-state index in [-0.39, 0.29) is 30.5 Å². The number of ether oxygens (including phenoxy) is 2. The van der Waals surface area contributed by atoms with Gasteiger partial charge in [0.1, 0.15) is 10.6 Å². The summed E-state index contributed by atoms with van der Waals surface area (Å²) in [5.74, 6) is -0.677. The average molecular weight is 552 g/mol. The first-order chi connectivity index (χ1) is 17.4. The van der Waals surface area contributed by atoms with Crippen LogP contribution in [0.3, 0.4) is 0 Å². The maximum Gasteiger partial charge on any atom is 0.272 e. The molecular formula is C23H26ClN5O7S. The van der Waals surface area contributed by atoms with Crippen LogP contribution in [0.5, 0.6) is 11.6 Å². The number of aromatic nitrogens is 2. The molecule has 2 N–H and O–H groups in total. The largest absolute Gasteiger partial charge is 0.437 e. The minimum absolute atomic E-state index is 0.0222. The zero-order valence-corrected chi connectivity index (χ0v) is 22.1. The van der Waals surface area contributed by atoms with Crippen LogP contribution in [0.4, 0.5) is 5.69 Å². The number of sulfonamides is 1. The summed E-state index contributed by atoms with van der Waals surface area (Å²) in [6, 6.07) is 9.31. The Morgan fingerprint density at radius 1 is 1.24 bits per heavy atom. The maximum absolute atomic E-state index is 13.0. The molecule has 0 aliphatic rings. The van der Waals surface area contributed by atoms with Gasteiger partial charge >= 0.3 is 0 Å². The number of carbonyl (C=O) groups is 1. The molecule has 0 fully saturated rings. The number of hydrogen-bond acceptors (Lipinski definition) is 8. The van der Waals surface area contributed by atoms with E-state index in [0.717, 1.165) is 12.1 Å². The van der Waals surface area contributed by atoms with Crippen molar-refractivity contribution in [2.24, 2.45) is 0 Å². The number of rotatable bonds is 11. The lowest BCUT2D eigenvalue weighted by Gasteiger charge is -2.15. The Hall–Kier alpha value is -3.52. The number of non-ortho nitro benzene ring substituents is 1. The number of halogens is 1. The molecule has 3 rings (SSSR count). The van der Waals surface area contributed by atoms with Gasteiger partial charge in [0, 0.05) is 42.4 Å². The first-order valence-electron chi connectivity index (χ1n) is 11.1. The van der Waals surface area contributed by atoms with Crippen molar-refractivity contribution in [2.75, 3.05) is 20.3 Å². The number of hydrogen-bond donors (Lipinski definition) is 2. The van der Waals surface area contributed by atoms with Gasteiger partial charge in [0.15, 0.2) is 5.69 Å². The van der Waals surface area contributed by atoms with Crippen molar-refractivity contribution < 1.29 is 27.6 Å². The van der Waals surface area contributed by atoms with Crippen LogP contribution in [0.15, 0.2) is 47.4 Å². The Morgan fingerprint density at radius 3 is 2.59 bits per heavy atom. The Balaban J connectivity index is 2.18. The molecule has 1 amide bonds. The molecule has 2 aromatic carbocycles. The summed E-state index contributed by atoms with van der Waals surface area (Å²) in [5, 5.41) is 18.8. The van der Waals surface area contributed by atoms with Gasteiger partial charge in [-0.3, -0.25) is 14.9 Å². The molecular weight excluding hydrogens is 526 g/mol. The summed E-state index contributed by atoms with van der Waals surface area (Å²) >= 11 is 6.15. The van der Waals surface area contributed by atoms with Crippen molar-refractivity contribution in [3.05, 3.63) is 68.9 Å². The van der Waals surface area contributed by atoms with Gasteiger partial charge in [-0.05, 0) is 45.0 Å². The van der Waals surface area contributed by atoms with E-state index in [4.69, 9.17) is 21.1 Å². The lowest BCUT2D eigenvalue weighted by Crippen LogP contribution is -2.30. The van der Waals surface area contributed by atoms with Crippen molar-refractivity contribution in [1.29, 1.82) is 0 Å². The van der Waals surface area contributed by atoms with E-state index >= 15 is 0 Å². The molecule has 0 atom stereocenters. The summed E-state index contributed by atoms with van der Waals surface area (Å²) in [5.41, 5.74) is 0.328. The quantitative estimate of drug-likeness (QED) is 0.208. The fourth-order valence-corrected chi connectivity index (χ4v) is 4.91. The zero-order chi connectivity index (χ0) is 27.3. The minimum Gasteiger partial charge on any atom is -0.437 e. The number of carbonyl (C=O) groups excluding carboxylic acids is 1. The summed E-state index contributed by atoms with van der Waals surface area (Å²) in [6.07, 6.45) is 0. The molecule has 0 spiro atoms. The highest BCUT2D eigenvalue weighted by atomic mass is 35.5. The average Bonchev–Trinajstić information content (AvgIpc) is 3.14. The molecule has 0 radical (unpaired) electrons. The molecule has 0 saturated heterocycles. The summed E-state index contributed by atoms with van der Waals surface area (Å²) in [7, 11) is -2.71. The van der Waals surface area contributed by atoms with Gasteiger partial charge in [0.2, 0.25) is 15.9 Å². The fourth-order valence-electron chi connectivity index (χ4n) is 3.33. The van der Waals surface area contributed by atoms with Crippen molar-refractivity contribution in [3.63, 3.8) is 0 Å². The van der Waals surface area contributed by atoms with Crippen molar-refractivity contribution in [1.82, 2.24) is 19.8 Å². The van der Waals surface area contributed by atoms with E-state index in [9.17, 15) is 23.3 Å². The van der Waals surface area contributed by atoms with E-state index in [0.29, 0.717) is 16.3 Å². The topological polar surface area (TPSA) is 155 Å². The monoisotopic (exact) mass is 551 g/mol. The SMILES string of the molecule is COCCNC(=O)c1nn(-c2cccc(Cl)c2)c(Oc2ccc([N+](=O)[O-])cc2S(=O)(=O)NC(C)C)c1C. The first-order valence-corrected chi connectivity index (χ1v) is 12.9. The predicted molar refractivity (Wildman–Crippen MR) is 136 cm³/mol. The molecule has 12 nitrogen and oxygen atoms in total. The van der Waals surface area contributed by atoms with Gasteiger partial charge in [-0.25, -0.2) is 13.1 Å². The minimum atomic E-state index is -4.21. The third-order valence-corrected chi connectivity index (χ3v) is 6.87. The van der Waals surface area contributed by atoms with Gasteiger partial charge in [0.05, 0.1) is 17.2 Å². The van der Waals surface area contributed by atoms with Gasteiger partial charge in [0.25, 0.3) is 11.6 Å². The Bertz CT molecular complexity index is 1420. The van der Waals surface area contributed by atoms with E-state index < -0.39 is 37.5 Å². The van der Waals surface area contributed by atoms with E-state index in [1.807, 2.05) is 0 Å². The zero-order valence-electron chi connectivity index (χ0n) is 20.5. The van der Waals surface area contributed by atoms with Gasteiger partial charge in [-0.1, -0.05) is 17.7 Å². The predicted octanol–water partition coefficient (Wildman–Crippen LogP) is 3.60. The number of nitrogens with zero attached hydrogens (tertiary/aromatic N) is 3. The number of benzene rings is 2. The van der Waals surface area contributed by atoms with Crippen LogP contribution >= 0.6 is 11.6 Å². The standard InChI is InChI=1S/C23H26ClN5O7S/c1-14(2)27-37(33,34)20-13-18(29(31)32)8-9-19(20)36-23-15(3)21(22(30)25-10-11-35-4)26-28(23)17-7-5-6-16(24)12-17/h5-9,12-14,27H,10-11H2,1-4H3,(H,25,30). The molecule has 0 aliphatic carbocycles. The number of amides is 1. The van der Waals surface area contributed by atoms with Gasteiger partial charge in [-0.2, -0.15) is 9.78 Å². The second-order valence-corrected chi connectivity index (χ2v) is 10.3. The molecule has 1 aromatic heterocycles. The van der Waals surface area contributed by atoms with Crippen LogP contribution in [0.1, 0.15) is 29.9 Å². The van der Waals surface area contributed by atoms with Crippen LogP contribution < -0.4 is 14.8 Å². The molecule has 0 aliphatic heterocycles. The molecule has 14 heteroatoms. The lowest BCUT2D eigenvalue weighted by atomic mass is 10.2. The van der Waals surface area contributed by atoms with Crippen LogP contribution in [-0.4, -0.2) is 55.3 Å². The number of nitro groups is 1. The number of nitro benzene ring substituents is 1. The second-order valence-electron chi connectivity index (χ2n) is 8.19. The van der Waals surface area contributed by atoms with Crippen LogP contribution in [0, 0.1) is 17.0 Å². The first kappa shape index (κ1) is 28.1. The summed E-state index contributed by atoms with van der Waals surface area (Å²) in [6.45, 7) is 5.34. The van der Waals surface area contributed by atoms with Crippen LogP contribution in [-0.2, 0) is 14.8 Å². The van der Waals surface area contributed by atoms with E-state index in [1.54, 1.807) is 45.0 Å². The molecule has 0 unspecified atom stereocenters. The van der Waals surface area contributed by atoms with Gasteiger partial charge < -0.3 is 14.8 Å². The normalized spacial score (nSPS) is 11.5. The molecule has 198 valence electrons. The third-order valence-electron chi connectivity index (χ3n) is 4.95. The maximum atomic E-state index is 13.0. The van der Waals surface area contributed by atoms with Crippen molar-refractivity contribution >= 4 is 33.2 Å². The molecule has 0 bridgehead atoms. The summed E-state index contributed by atoms with van der Waals surface area (Å²) < 4.78 is 40.8. The third kappa shape index (κ3) is 6.63. The Labute approximate surface area is 218 Å². The Morgan fingerprint density at radius 2 is 1.97 bits per heavy atom. The number of methoxy groups -OCH3 is 1. The highest BCUT2D eigenvalue weighted by Gasteiger charge is 2.28.